The van der Waals surface area contributed by atoms with Crippen LogP contribution in [-0.4, -0.2) is 27.0 Å². The third-order valence-electron chi connectivity index (χ3n) is 2.38. The number of nitrogens with one attached hydrogen (secondary N) is 1. The molecule has 0 aliphatic heterocycles. The molecule has 1 amide bonds. The van der Waals surface area contributed by atoms with Crippen molar-refractivity contribution in [3.05, 3.63) is 29.3 Å². The van der Waals surface area contributed by atoms with Gasteiger partial charge < -0.3 is 10.1 Å². The molecular weight excluding hydrogens is 302 g/mol. The zero-order valence-electron chi connectivity index (χ0n) is 11.9. The van der Waals surface area contributed by atoms with Gasteiger partial charge in [0, 0.05) is 28.9 Å². The molecule has 0 saturated carbocycles. The Kier molecular flexibility index (Phi) is 5.18. The smallest absolute Gasteiger partial charge is 0.261 e. The van der Waals surface area contributed by atoms with Crippen molar-refractivity contribution in [2.24, 2.45) is 0 Å². The van der Waals surface area contributed by atoms with Gasteiger partial charge in [-0.2, -0.15) is 0 Å². The highest BCUT2D eigenvalue weighted by atomic mass is 35.7. The number of ether oxygens (including phenoxy) is 1. The van der Waals surface area contributed by atoms with Crippen molar-refractivity contribution in [2.75, 3.05) is 7.11 Å². The average Bonchev–Trinajstić information content (AvgIpc) is 2.26. The Morgan fingerprint density at radius 3 is 2.40 bits per heavy atom. The summed E-state index contributed by atoms with van der Waals surface area (Å²) >= 11 is 0. The third-order valence-corrected chi connectivity index (χ3v) is 3.78. The zero-order chi connectivity index (χ0) is 15.6. The first-order valence-electron chi connectivity index (χ1n) is 5.93. The van der Waals surface area contributed by atoms with Crippen molar-refractivity contribution >= 4 is 25.6 Å². The van der Waals surface area contributed by atoms with Gasteiger partial charge in [-0.15, -0.1) is 0 Å². The molecule has 0 aliphatic rings. The summed E-state index contributed by atoms with van der Waals surface area (Å²) in [4.78, 5) is 11.9. The lowest BCUT2D eigenvalue weighted by molar-refractivity contribution is 0.0919. The van der Waals surface area contributed by atoms with Crippen LogP contribution in [0.15, 0.2) is 23.1 Å². The highest BCUT2D eigenvalue weighted by Gasteiger charge is 2.20. The minimum Gasteiger partial charge on any atom is -0.380 e. The summed E-state index contributed by atoms with van der Waals surface area (Å²) in [6.45, 7) is 5.61. The fourth-order valence-corrected chi connectivity index (χ4v) is 2.75. The van der Waals surface area contributed by atoms with E-state index >= 15 is 0 Å². The fourth-order valence-electron chi connectivity index (χ4n) is 1.61. The van der Waals surface area contributed by atoms with Crippen molar-refractivity contribution in [3.8, 4) is 0 Å². The first-order chi connectivity index (χ1) is 9.04. The monoisotopic (exact) mass is 319 g/mol. The number of rotatable bonds is 4. The van der Waals surface area contributed by atoms with Crippen molar-refractivity contribution in [1.82, 2.24) is 5.32 Å². The van der Waals surface area contributed by atoms with Gasteiger partial charge in [-0.1, -0.05) is 6.07 Å². The van der Waals surface area contributed by atoms with Crippen LogP contribution in [0.1, 0.15) is 36.7 Å². The molecule has 1 aromatic rings. The van der Waals surface area contributed by atoms with E-state index in [1.807, 2.05) is 20.8 Å². The van der Waals surface area contributed by atoms with E-state index in [-0.39, 0.29) is 23.0 Å². The van der Waals surface area contributed by atoms with E-state index in [2.05, 4.69) is 5.32 Å². The highest BCUT2D eigenvalue weighted by Crippen LogP contribution is 2.22. The lowest BCUT2D eigenvalue weighted by atomic mass is 10.1. The largest absolute Gasteiger partial charge is 0.380 e. The molecule has 20 heavy (non-hydrogen) atoms. The first-order valence-corrected chi connectivity index (χ1v) is 8.24. The van der Waals surface area contributed by atoms with Crippen LogP contribution >= 0.6 is 10.7 Å². The SMILES string of the molecule is COCc1ccc(C(=O)NC(C)(C)C)cc1S(=O)(=O)Cl. The highest BCUT2D eigenvalue weighted by molar-refractivity contribution is 8.13. The summed E-state index contributed by atoms with van der Waals surface area (Å²) in [6, 6.07) is 4.33. The second-order valence-corrected chi connectivity index (χ2v) is 7.93. The third kappa shape index (κ3) is 4.77. The molecule has 0 radical (unpaired) electrons. The number of hydrogen-bond acceptors (Lipinski definition) is 4. The molecule has 0 atom stereocenters. The van der Waals surface area contributed by atoms with Crippen LogP contribution < -0.4 is 5.32 Å². The maximum absolute atomic E-state index is 12.0. The number of carbonyl (C=O) groups excluding carboxylic acids is 1. The second-order valence-electron chi connectivity index (χ2n) is 5.40. The van der Waals surface area contributed by atoms with Crippen LogP contribution in [-0.2, 0) is 20.4 Å². The van der Waals surface area contributed by atoms with Gasteiger partial charge in [0.15, 0.2) is 0 Å². The quantitative estimate of drug-likeness (QED) is 0.864. The molecule has 1 N–H and O–H groups in total. The van der Waals surface area contributed by atoms with Crippen molar-refractivity contribution in [1.29, 1.82) is 0 Å². The van der Waals surface area contributed by atoms with Crippen LogP contribution in [0.3, 0.4) is 0 Å². The van der Waals surface area contributed by atoms with Gasteiger partial charge in [0.1, 0.15) is 0 Å². The van der Waals surface area contributed by atoms with E-state index < -0.39 is 14.6 Å². The minimum atomic E-state index is -3.94. The fraction of sp³-hybridized carbons (Fsp3) is 0.462. The predicted molar refractivity (Wildman–Crippen MR) is 77.4 cm³/mol. The summed E-state index contributed by atoms with van der Waals surface area (Å²) < 4.78 is 28.1. The van der Waals surface area contributed by atoms with E-state index in [0.29, 0.717) is 5.56 Å². The molecule has 7 heteroatoms. The van der Waals surface area contributed by atoms with Crippen molar-refractivity contribution in [3.63, 3.8) is 0 Å². The van der Waals surface area contributed by atoms with E-state index in [1.54, 1.807) is 6.07 Å². The zero-order valence-corrected chi connectivity index (χ0v) is 13.4. The Morgan fingerprint density at radius 1 is 1.35 bits per heavy atom. The van der Waals surface area contributed by atoms with Gasteiger partial charge in [-0.25, -0.2) is 8.42 Å². The van der Waals surface area contributed by atoms with E-state index in [0.717, 1.165) is 0 Å². The van der Waals surface area contributed by atoms with Crippen LogP contribution in [0.5, 0.6) is 0 Å². The summed E-state index contributed by atoms with van der Waals surface area (Å²) in [5.41, 5.74) is 0.233. The molecule has 0 heterocycles. The van der Waals surface area contributed by atoms with Gasteiger partial charge in [0.2, 0.25) is 0 Å². The molecule has 0 aliphatic carbocycles. The predicted octanol–water partition coefficient (Wildman–Crippen LogP) is 2.29. The number of benzene rings is 1. The van der Waals surface area contributed by atoms with Crippen LogP contribution in [0.2, 0.25) is 0 Å². The second kappa shape index (κ2) is 6.11. The van der Waals surface area contributed by atoms with Gasteiger partial charge in [0.25, 0.3) is 15.0 Å². The molecule has 0 aromatic heterocycles. The minimum absolute atomic E-state index is 0.0997. The van der Waals surface area contributed by atoms with Gasteiger partial charge in [-0.05, 0) is 38.5 Å². The molecule has 0 bridgehead atoms. The maximum Gasteiger partial charge on any atom is 0.261 e. The molecule has 1 aromatic carbocycles. The summed E-state index contributed by atoms with van der Waals surface area (Å²) in [5.74, 6) is -0.358. The van der Waals surface area contributed by atoms with E-state index in [4.69, 9.17) is 15.4 Å². The van der Waals surface area contributed by atoms with Crippen molar-refractivity contribution < 1.29 is 17.9 Å². The number of amides is 1. The maximum atomic E-state index is 12.0. The molecule has 5 nitrogen and oxygen atoms in total. The normalized spacial score (nSPS) is 12.2. The Labute approximate surface area is 123 Å². The summed E-state index contributed by atoms with van der Waals surface area (Å²) in [5, 5.41) is 2.76. The molecule has 112 valence electrons. The van der Waals surface area contributed by atoms with Crippen LogP contribution in [0.4, 0.5) is 0 Å². The molecular formula is C13H18ClNO4S. The van der Waals surface area contributed by atoms with Gasteiger partial charge >= 0.3 is 0 Å². The van der Waals surface area contributed by atoms with Gasteiger partial charge in [0.05, 0.1) is 11.5 Å². The Balaban J connectivity index is 3.23. The van der Waals surface area contributed by atoms with Gasteiger partial charge in [-0.3, -0.25) is 4.79 Å². The lowest BCUT2D eigenvalue weighted by Gasteiger charge is -2.20. The number of carbonyl (C=O) groups is 1. The Hall–Kier alpha value is -1.11. The van der Waals surface area contributed by atoms with Crippen molar-refractivity contribution in [2.45, 2.75) is 37.8 Å². The van der Waals surface area contributed by atoms with Crippen LogP contribution in [0.25, 0.3) is 0 Å². The van der Waals surface area contributed by atoms with E-state index in [9.17, 15) is 13.2 Å². The van der Waals surface area contributed by atoms with Crippen LogP contribution in [0, 0.1) is 0 Å². The Morgan fingerprint density at radius 2 is 1.95 bits per heavy atom. The topological polar surface area (TPSA) is 72.5 Å². The molecule has 0 fully saturated rings. The summed E-state index contributed by atoms with van der Waals surface area (Å²) in [6.07, 6.45) is 0. The standard InChI is InChI=1S/C13H18ClNO4S/c1-13(2,3)15-12(16)9-5-6-10(8-19-4)11(7-9)20(14,17)18/h5-7H,8H2,1-4H3,(H,15,16). The molecule has 1 rings (SSSR count). The molecule has 0 unspecified atom stereocenters. The van der Waals surface area contributed by atoms with E-state index in [1.165, 1.54) is 19.2 Å². The average molecular weight is 320 g/mol. The molecule has 0 saturated heterocycles. The number of methoxy groups -OCH3 is 1. The molecule has 0 spiro atoms. The Bertz CT molecular complexity index is 605. The summed E-state index contributed by atoms with van der Waals surface area (Å²) in [7, 11) is 2.90. The lowest BCUT2D eigenvalue weighted by Crippen LogP contribution is -2.40. The first kappa shape index (κ1) is 16.9. The number of hydrogen-bond donors (Lipinski definition) is 1. The number of halogens is 1.